The van der Waals surface area contributed by atoms with Gasteiger partial charge >= 0.3 is 0 Å². The van der Waals surface area contributed by atoms with E-state index in [1.165, 1.54) is 12.1 Å². The van der Waals surface area contributed by atoms with Gasteiger partial charge in [-0.1, -0.05) is 19.9 Å². The fourth-order valence-electron chi connectivity index (χ4n) is 1.92. The number of nitrogens with one attached hydrogen (secondary N) is 1. The highest BCUT2D eigenvalue weighted by Crippen LogP contribution is 2.12. The van der Waals surface area contributed by atoms with Gasteiger partial charge in [-0.3, -0.25) is 4.79 Å². The van der Waals surface area contributed by atoms with Crippen LogP contribution >= 0.6 is 0 Å². The zero-order valence-electron chi connectivity index (χ0n) is 12.1. The van der Waals surface area contributed by atoms with Crippen molar-refractivity contribution in [1.29, 1.82) is 0 Å². The number of hydrogen-bond donors (Lipinski definition) is 2. The minimum atomic E-state index is -3.32. The maximum absolute atomic E-state index is 12.1. The summed E-state index contributed by atoms with van der Waals surface area (Å²) in [7, 11) is -3.32. The first-order chi connectivity index (χ1) is 9.24. The second kappa shape index (κ2) is 6.85. The molecule has 0 heterocycles. The van der Waals surface area contributed by atoms with Gasteiger partial charge in [0, 0.05) is 24.4 Å². The Morgan fingerprint density at radius 2 is 2.00 bits per heavy atom. The average Bonchev–Trinajstić information content (AvgIpc) is 2.36. The number of nitrogens with two attached hydrogens (primary N) is 1. The first kappa shape index (κ1) is 16.7. The van der Waals surface area contributed by atoms with Gasteiger partial charge in [-0.25, -0.2) is 8.42 Å². The van der Waals surface area contributed by atoms with E-state index in [0.29, 0.717) is 18.0 Å². The van der Waals surface area contributed by atoms with Crippen LogP contribution in [0.5, 0.6) is 0 Å². The number of sulfone groups is 1. The molecule has 112 valence electrons. The Hall–Kier alpha value is -1.40. The largest absolute Gasteiger partial charge is 0.348 e. The third-order valence-corrected chi connectivity index (χ3v) is 4.01. The van der Waals surface area contributed by atoms with Crippen LogP contribution in [0, 0.1) is 5.92 Å². The van der Waals surface area contributed by atoms with E-state index >= 15 is 0 Å². The van der Waals surface area contributed by atoms with Gasteiger partial charge in [0.2, 0.25) is 0 Å². The lowest BCUT2D eigenvalue weighted by Gasteiger charge is -2.19. The topological polar surface area (TPSA) is 89.3 Å². The van der Waals surface area contributed by atoms with Crippen molar-refractivity contribution in [2.24, 2.45) is 11.7 Å². The Morgan fingerprint density at radius 1 is 1.35 bits per heavy atom. The van der Waals surface area contributed by atoms with E-state index in [1.807, 2.05) is 0 Å². The summed E-state index contributed by atoms with van der Waals surface area (Å²) >= 11 is 0. The van der Waals surface area contributed by atoms with Crippen LogP contribution in [0.1, 0.15) is 30.6 Å². The molecule has 0 saturated carbocycles. The van der Waals surface area contributed by atoms with Gasteiger partial charge in [0.1, 0.15) is 0 Å². The van der Waals surface area contributed by atoms with Crippen molar-refractivity contribution < 1.29 is 13.2 Å². The fourth-order valence-corrected chi connectivity index (χ4v) is 2.59. The second-order valence-electron chi connectivity index (χ2n) is 5.34. The molecule has 1 rings (SSSR count). The van der Waals surface area contributed by atoms with Crippen LogP contribution in [0.4, 0.5) is 0 Å². The molecule has 3 N–H and O–H groups in total. The summed E-state index contributed by atoms with van der Waals surface area (Å²) in [4.78, 5) is 12.3. The molecule has 0 aliphatic carbocycles. The molecular weight excluding hydrogens is 276 g/mol. The Morgan fingerprint density at radius 3 is 2.50 bits per heavy atom. The predicted octanol–water partition coefficient (Wildman–Crippen LogP) is 1.19. The molecule has 5 nitrogen and oxygen atoms in total. The average molecular weight is 298 g/mol. The van der Waals surface area contributed by atoms with E-state index in [2.05, 4.69) is 19.2 Å². The fraction of sp³-hybridized carbons (Fsp3) is 0.500. The van der Waals surface area contributed by atoms with Gasteiger partial charge in [0.25, 0.3) is 5.91 Å². The van der Waals surface area contributed by atoms with Crippen LogP contribution in [0.15, 0.2) is 29.2 Å². The van der Waals surface area contributed by atoms with Crippen molar-refractivity contribution in [3.63, 3.8) is 0 Å². The van der Waals surface area contributed by atoms with Crippen molar-refractivity contribution in [2.45, 2.75) is 31.2 Å². The summed E-state index contributed by atoms with van der Waals surface area (Å²) in [5.41, 5.74) is 5.96. The highest BCUT2D eigenvalue weighted by molar-refractivity contribution is 7.90. The van der Waals surface area contributed by atoms with Crippen LogP contribution in [-0.2, 0) is 9.84 Å². The highest BCUT2D eigenvalue weighted by Gasteiger charge is 2.15. The number of rotatable bonds is 6. The van der Waals surface area contributed by atoms with Crippen LogP contribution in [0.3, 0.4) is 0 Å². The molecule has 1 atom stereocenters. The molecule has 0 radical (unpaired) electrons. The molecule has 0 aliphatic rings. The lowest BCUT2D eigenvalue weighted by atomic mass is 10.0. The first-order valence-corrected chi connectivity index (χ1v) is 8.44. The zero-order valence-corrected chi connectivity index (χ0v) is 12.9. The maximum Gasteiger partial charge on any atom is 0.251 e. The zero-order chi connectivity index (χ0) is 15.3. The Kier molecular flexibility index (Phi) is 5.71. The molecule has 0 aromatic heterocycles. The molecule has 0 fully saturated rings. The van der Waals surface area contributed by atoms with E-state index in [1.54, 1.807) is 12.1 Å². The van der Waals surface area contributed by atoms with E-state index in [4.69, 9.17) is 5.73 Å². The van der Waals surface area contributed by atoms with Crippen LogP contribution in [-0.4, -0.2) is 33.2 Å². The summed E-state index contributed by atoms with van der Waals surface area (Å²) in [6, 6.07) is 5.90. The maximum atomic E-state index is 12.1. The SMILES string of the molecule is CC(C)CC(CN)NC(=O)c1cccc(S(C)(=O)=O)c1. The molecule has 1 aromatic carbocycles. The molecule has 1 unspecified atom stereocenters. The molecule has 1 aromatic rings. The summed E-state index contributed by atoms with van der Waals surface area (Å²) in [5.74, 6) is 0.123. The van der Waals surface area contributed by atoms with Crippen molar-refractivity contribution in [1.82, 2.24) is 5.32 Å². The standard InChI is InChI=1S/C14H22N2O3S/c1-10(2)7-12(9-15)16-14(17)11-5-4-6-13(8-11)20(3,18)19/h4-6,8,10,12H,7,9,15H2,1-3H3,(H,16,17). The molecule has 0 saturated heterocycles. The number of carbonyl (C=O) groups excluding carboxylic acids is 1. The number of benzene rings is 1. The van der Waals surface area contributed by atoms with Gasteiger partial charge in [-0.15, -0.1) is 0 Å². The summed E-state index contributed by atoms with van der Waals surface area (Å²) < 4.78 is 23.0. The van der Waals surface area contributed by atoms with E-state index in [0.717, 1.165) is 12.7 Å². The number of amides is 1. The third kappa shape index (κ3) is 4.94. The molecule has 0 spiro atoms. The molecule has 0 aliphatic heterocycles. The molecule has 6 heteroatoms. The monoisotopic (exact) mass is 298 g/mol. The summed E-state index contributed by atoms with van der Waals surface area (Å²) in [5, 5.41) is 2.83. The second-order valence-corrected chi connectivity index (χ2v) is 7.35. The van der Waals surface area contributed by atoms with Gasteiger partial charge in [-0.2, -0.15) is 0 Å². The van der Waals surface area contributed by atoms with Gasteiger partial charge in [0.15, 0.2) is 9.84 Å². The third-order valence-electron chi connectivity index (χ3n) is 2.90. The quantitative estimate of drug-likeness (QED) is 0.825. The smallest absolute Gasteiger partial charge is 0.251 e. The van der Waals surface area contributed by atoms with Crippen LogP contribution in [0.2, 0.25) is 0 Å². The summed E-state index contributed by atoms with van der Waals surface area (Å²) in [6.07, 6.45) is 1.90. The van der Waals surface area contributed by atoms with Crippen molar-refractivity contribution >= 4 is 15.7 Å². The molecule has 0 bridgehead atoms. The highest BCUT2D eigenvalue weighted by atomic mass is 32.2. The molecule has 20 heavy (non-hydrogen) atoms. The molecule has 1 amide bonds. The number of carbonyl (C=O) groups is 1. The summed E-state index contributed by atoms with van der Waals surface area (Å²) in [6.45, 7) is 4.47. The number of hydrogen-bond acceptors (Lipinski definition) is 4. The minimum absolute atomic E-state index is 0.107. The van der Waals surface area contributed by atoms with E-state index < -0.39 is 9.84 Å². The van der Waals surface area contributed by atoms with Gasteiger partial charge in [0.05, 0.1) is 4.90 Å². The molecular formula is C14H22N2O3S. The minimum Gasteiger partial charge on any atom is -0.348 e. The predicted molar refractivity (Wildman–Crippen MR) is 79.3 cm³/mol. The van der Waals surface area contributed by atoms with Gasteiger partial charge < -0.3 is 11.1 Å². The normalized spacial score (nSPS) is 13.2. The van der Waals surface area contributed by atoms with Crippen molar-refractivity contribution in [2.75, 3.05) is 12.8 Å². The Balaban J connectivity index is 2.87. The Bertz CT molecular complexity index is 568. The van der Waals surface area contributed by atoms with Crippen LogP contribution in [0.25, 0.3) is 0 Å². The van der Waals surface area contributed by atoms with E-state index in [-0.39, 0.29) is 16.8 Å². The van der Waals surface area contributed by atoms with Gasteiger partial charge in [-0.05, 0) is 30.5 Å². The van der Waals surface area contributed by atoms with Crippen molar-refractivity contribution in [3.05, 3.63) is 29.8 Å². The Labute approximate surface area is 120 Å². The lowest BCUT2D eigenvalue weighted by Crippen LogP contribution is -2.41. The lowest BCUT2D eigenvalue weighted by molar-refractivity contribution is 0.0933. The first-order valence-electron chi connectivity index (χ1n) is 6.55. The van der Waals surface area contributed by atoms with Crippen molar-refractivity contribution in [3.8, 4) is 0 Å². The van der Waals surface area contributed by atoms with Crippen LogP contribution < -0.4 is 11.1 Å². The van der Waals surface area contributed by atoms with E-state index in [9.17, 15) is 13.2 Å².